The van der Waals surface area contributed by atoms with Gasteiger partial charge in [-0.15, -0.1) is 0 Å². The highest BCUT2D eigenvalue weighted by Crippen LogP contribution is 2.34. The number of carbonyl (C=O) groups is 1. The Morgan fingerprint density at radius 3 is 2.35 bits per heavy atom. The van der Waals surface area contributed by atoms with Gasteiger partial charge in [0.2, 0.25) is 0 Å². The molecule has 1 spiro atoms. The number of hydrogen-bond donors (Lipinski definition) is 3. The predicted molar refractivity (Wildman–Crippen MR) is 109 cm³/mol. The number of hydrogen-bond acceptors (Lipinski definition) is 5. The molecule has 3 heterocycles. The first kappa shape index (κ1) is 21.7. The molecule has 0 unspecified atom stereocenters. The average molecular weight is 434 g/mol. The number of amides is 1. The number of alkyl halides is 3. The summed E-state index contributed by atoms with van der Waals surface area (Å²) in [5.74, 6) is -1.61. The van der Waals surface area contributed by atoms with Crippen LogP contribution in [-0.2, 0) is 11.3 Å². The Morgan fingerprint density at radius 1 is 1.16 bits per heavy atom. The lowest BCUT2D eigenvalue weighted by molar-refractivity contribution is -0.133. The van der Waals surface area contributed by atoms with Crippen LogP contribution >= 0.6 is 0 Å². The van der Waals surface area contributed by atoms with Crippen molar-refractivity contribution in [2.45, 2.75) is 25.1 Å². The zero-order valence-electron chi connectivity index (χ0n) is 16.9. The number of aliphatic hydroxyl groups excluding tert-OH is 1. The van der Waals surface area contributed by atoms with E-state index in [1.54, 1.807) is 30.5 Å². The van der Waals surface area contributed by atoms with Crippen molar-refractivity contribution in [3.63, 3.8) is 0 Å². The highest BCUT2D eigenvalue weighted by atomic mass is 19.3. The number of carbonyl (C=O) groups excluding carboxylic acids is 1. The third-order valence-electron chi connectivity index (χ3n) is 5.99. The minimum atomic E-state index is -3.27. The molecule has 6 nitrogen and oxygen atoms in total. The average Bonchev–Trinajstić information content (AvgIpc) is 2.72. The van der Waals surface area contributed by atoms with Crippen LogP contribution in [0.1, 0.15) is 17.4 Å². The number of halogens is 3. The fraction of sp³-hybridized carbons (Fsp3) is 0.455. The van der Waals surface area contributed by atoms with Gasteiger partial charge in [-0.05, 0) is 17.2 Å². The fourth-order valence-electron chi connectivity index (χ4n) is 4.19. The van der Waals surface area contributed by atoms with Gasteiger partial charge in [0.1, 0.15) is 12.8 Å². The van der Waals surface area contributed by atoms with Crippen LogP contribution in [0, 0.1) is 5.41 Å². The molecule has 3 N–H and O–H groups in total. The second-order valence-electron chi connectivity index (χ2n) is 8.42. The van der Waals surface area contributed by atoms with Crippen molar-refractivity contribution in [2.75, 3.05) is 32.9 Å². The van der Waals surface area contributed by atoms with Crippen molar-refractivity contribution in [3.8, 4) is 11.1 Å². The maximum Gasteiger partial charge on any atom is 0.315 e. The minimum Gasteiger partial charge on any atom is -0.386 e. The highest BCUT2D eigenvalue weighted by molar-refractivity contribution is 5.79. The van der Waals surface area contributed by atoms with E-state index in [0.717, 1.165) is 49.5 Å². The molecule has 1 aromatic carbocycles. The van der Waals surface area contributed by atoms with E-state index in [1.807, 2.05) is 17.4 Å². The van der Waals surface area contributed by atoms with Crippen LogP contribution in [0.15, 0.2) is 42.6 Å². The molecule has 2 atom stereocenters. The summed E-state index contributed by atoms with van der Waals surface area (Å²) >= 11 is 0. The number of nitrogens with zero attached hydrogens (tertiary/aromatic N) is 2. The smallest absolute Gasteiger partial charge is 0.315 e. The molecule has 1 aromatic heterocycles. The summed E-state index contributed by atoms with van der Waals surface area (Å²) in [6.45, 7) is 4.07. The Morgan fingerprint density at radius 2 is 1.84 bits per heavy atom. The number of likely N-dealkylation sites (tertiary alicyclic amines) is 1. The van der Waals surface area contributed by atoms with Gasteiger partial charge in [-0.25, -0.2) is 4.39 Å². The molecule has 2 aromatic rings. The molecule has 166 valence electrons. The molecule has 4 rings (SSSR count). The lowest BCUT2D eigenvalue weighted by atomic mass is 9.74. The number of rotatable bonds is 8. The van der Waals surface area contributed by atoms with Gasteiger partial charge in [0.25, 0.3) is 5.91 Å². The largest absolute Gasteiger partial charge is 0.386 e. The molecule has 9 heteroatoms. The number of pyridine rings is 1. The highest BCUT2D eigenvalue weighted by Gasteiger charge is 2.47. The first-order valence-electron chi connectivity index (χ1n) is 10.2. The van der Waals surface area contributed by atoms with Gasteiger partial charge in [-0.3, -0.25) is 14.7 Å². The molecule has 0 radical (unpaired) electrons. The van der Waals surface area contributed by atoms with Crippen LogP contribution in [0.25, 0.3) is 11.1 Å². The number of nitrogens with one attached hydrogen (secondary N) is 2. The third-order valence-corrected chi connectivity index (χ3v) is 5.99. The Balaban J connectivity index is 1.35. The van der Waals surface area contributed by atoms with E-state index < -0.39 is 31.2 Å². The van der Waals surface area contributed by atoms with E-state index in [9.17, 15) is 23.1 Å². The van der Waals surface area contributed by atoms with Crippen LogP contribution in [0.2, 0.25) is 0 Å². The normalized spacial score (nSPS) is 19.5. The second kappa shape index (κ2) is 8.94. The van der Waals surface area contributed by atoms with E-state index in [1.165, 1.54) is 0 Å². The lowest BCUT2D eigenvalue weighted by Crippen LogP contribution is -2.70. The van der Waals surface area contributed by atoms with Gasteiger partial charge >= 0.3 is 6.43 Å². The van der Waals surface area contributed by atoms with Crippen molar-refractivity contribution in [1.82, 2.24) is 20.5 Å². The maximum atomic E-state index is 13.2. The van der Waals surface area contributed by atoms with Crippen molar-refractivity contribution >= 4 is 5.91 Å². The summed E-state index contributed by atoms with van der Waals surface area (Å²) in [6.07, 6.45) is -2.92. The topological polar surface area (TPSA) is 77.5 Å². The molecule has 2 aliphatic heterocycles. The van der Waals surface area contributed by atoms with Crippen molar-refractivity contribution < 1.29 is 23.1 Å². The van der Waals surface area contributed by atoms with Crippen LogP contribution in [0.4, 0.5) is 13.2 Å². The van der Waals surface area contributed by atoms with Crippen molar-refractivity contribution in [2.24, 2.45) is 5.41 Å². The molecular weight excluding hydrogens is 409 g/mol. The van der Waals surface area contributed by atoms with Crippen LogP contribution < -0.4 is 10.6 Å². The minimum absolute atomic E-state index is 0.322. The Labute approximate surface area is 178 Å². The quantitative estimate of drug-likeness (QED) is 0.592. The summed E-state index contributed by atoms with van der Waals surface area (Å²) in [5.41, 5.74) is 3.55. The van der Waals surface area contributed by atoms with E-state index in [0.29, 0.717) is 11.0 Å². The van der Waals surface area contributed by atoms with E-state index in [2.05, 4.69) is 15.2 Å². The summed E-state index contributed by atoms with van der Waals surface area (Å²) in [7, 11) is 0. The van der Waals surface area contributed by atoms with Gasteiger partial charge in [0.15, 0.2) is 0 Å². The lowest BCUT2D eigenvalue weighted by Gasteiger charge is -2.56. The summed E-state index contributed by atoms with van der Waals surface area (Å²) in [4.78, 5) is 18.0. The molecule has 0 aliphatic carbocycles. The summed E-state index contributed by atoms with van der Waals surface area (Å²) in [6, 6.07) is 9.16. The molecular formula is C22H25F3N4O2. The molecule has 1 amide bonds. The molecule has 31 heavy (non-hydrogen) atoms. The molecule has 2 aliphatic rings. The summed E-state index contributed by atoms with van der Waals surface area (Å²) < 4.78 is 37.9. The van der Waals surface area contributed by atoms with Crippen LogP contribution in [0.5, 0.6) is 0 Å². The van der Waals surface area contributed by atoms with Gasteiger partial charge in [-0.2, -0.15) is 8.78 Å². The molecule has 2 fully saturated rings. The van der Waals surface area contributed by atoms with E-state index >= 15 is 0 Å². The Hall–Kier alpha value is -2.49. The van der Waals surface area contributed by atoms with Gasteiger partial charge in [0, 0.05) is 49.9 Å². The number of aromatic nitrogens is 1. The Kier molecular flexibility index (Phi) is 6.27. The maximum absolute atomic E-state index is 13.2. The zero-order chi connectivity index (χ0) is 22.0. The molecule has 2 saturated heterocycles. The van der Waals surface area contributed by atoms with Gasteiger partial charge < -0.3 is 15.7 Å². The van der Waals surface area contributed by atoms with Gasteiger partial charge in [-0.1, -0.05) is 30.3 Å². The fourth-order valence-corrected chi connectivity index (χ4v) is 4.19. The SMILES string of the molecule is O=C(N[C@H](CF)[C@H](O)c1ccc(-c2ccc(CN3CC4(CNC4)C3)nc2)cc1)C(F)F. The van der Waals surface area contributed by atoms with Crippen LogP contribution in [0.3, 0.4) is 0 Å². The van der Waals surface area contributed by atoms with Crippen LogP contribution in [-0.4, -0.2) is 66.2 Å². The first-order chi connectivity index (χ1) is 14.9. The van der Waals surface area contributed by atoms with Gasteiger partial charge in [0.05, 0.1) is 11.7 Å². The number of benzene rings is 1. The molecule has 0 bridgehead atoms. The Bertz CT molecular complexity index is 896. The van der Waals surface area contributed by atoms with E-state index in [-0.39, 0.29) is 0 Å². The molecule has 0 saturated carbocycles. The van der Waals surface area contributed by atoms with E-state index in [4.69, 9.17) is 0 Å². The monoisotopic (exact) mass is 434 g/mol. The summed E-state index contributed by atoms with van der Waals surface area (Å²) in [5, 5.41) is 15.4. The second-order valence-corrected chi connectivity index (χ2v) is 8.42. The zero-order valence-corrected chi connectivity index (χ0v) is 16.9. The van der Waals surface area contributed by atoms with Crippen molar-refractivity contribution in [3.05, 3.63) is 53.9 Å². The number of aliphatic hydroxyl groups is 1. The third kappa shape index (κ3) is 4.73. The standard InChI is InChI=1S/C22H25F3N4O2/c23-7-18(28-21(31)20(24)25)19(30)15-3-1-14(2-4-15)16-5-6-17(27-8-16)9-29-12-22(13-29)10-26-11-22/h1-6,8,18-20,26,30H,7,9-13H2,(H,28,31)/t18-,19-/m1/s1. The van der Waals surface area contributed by atoms with Crippen molar-refractivity contribution in [1.29, 1.82) is 0 Å². The predicted octanol–water partition coefficient (Wildman–Crippen LogP) is 1.91. The first-order valence-corrected chi connectivity index (χ1v) is 10.2.